The molecule has 1 aromatic rings. The van der Waals surface area contributed by atoms with Crippen molar-refractivity contribution in [3.05, 3.63) is 39.9 Å². The Bertz CT molecular complexity index is 1010. The van der Waals surface area contributed by atoms with Gasteiger partial charge >= 0.3 is 12.2 Å². The van der Waals surface area contributed by atoms with Crippen LogP contribution in [0, 0.1) is 12.8 Å². The van der Waals surface area contributed by atoms with Crippen LogP contribution < -0.4 is 26.2 Å². The third kappa shape index (κ3) is 4.10. The number of halogens is 3. The SMILES string of the molecule is Cc1ccc(N2C(=O)NC3=C(C(=O)N[C@@H]4CCCNC4)SC4NCCC2C34)cc1C(F)(F)F. The van der Waals surface area contributed by atoms with Crippen molar-refractivity contribution in [3.63, 3.8) is 0 Å². The van der Waals surface area contributed by atoms with Crippen molar-refractivity contribution in [2.45, 2.75) is 49.8 Å². The molecule has 4 N–H and O–H groups in total. The van der Waals surface area contributed by atoms with Gasteiger partial charge in [-0.1, -0.05) is 17.8 Å². The monoisotopic (exact) mass is 481 g/mol. The molecule has 0 aromatic heterocycles. The van der Waals surface area contributed by atoms with Crippen LogP contribution >= 0.6 is 11.8 Å². The lowest BCUT2D eigenvalue weighted by molar-refractivity contribution is -0.138. The van der Waals surface area contributed by atoms with Crippen LogP contribution in [0.1, 0.15) is 30.4 Å². The number of carbonyl (C=O) groups is 2. The standard InChI is InChI=1S/C22H26F3N5O2S/c1-11-4-5-13(9-14(11)22(23,24)25)30-15-6-8-27-20-16(15)17(29-21(30)32)18(33-20)19(31)28-12-3-2-7-26-10-12/h4-5,9,12,15-16,20,26-27H,2-3,6-8,10H2,1H3,(H,28,31)(H,29,32)/t12-,15?,16?,20?/m1/s1. The van der Waals surface area contributed by atoms with Gasteiger partial charge in [0, 0.05) is 29.9 Å². The highest BCUT2D eigenvalue weighted by atomic mass is 32.2. The molecule has 3 saturated heterocycles. The second-order valence-electron chi connectivity index (χ2n) is 8.93. The molecule has 178 valence electrons. The van der Waals surface area contributed by atoms with Crippen LogP contribution in [0.4, 0.5) is 23.7 Å². The molecular weight excluding hydrogens is 455 g/mol. The lowest BCUT2D eigenvalue weighted by Crippen LogP contribution is -2.62. The van der Waals surface area contributed by atoms with E-state index in [4.69, 9.17) is 0 Å². The van der Waals surface area contributed by atoms with Crippen molar-refractivity contribution < 1.29 is 22.8 Å². The molecule has 1 aromatic carbocycles. The minimum Gasteiger partial charge on any atom is -0.348 e. The molecular formula is C22H26F3N5O2S. The van der Waals surface area contributed by atoms with Crippen LogP contribution in [-0.2, 0) is 11.0 Å². The molecule has 11 heteroatoms. The van der Waals surface area contributed by atoms with Crippen LogP contribution in [0.25, 0.3) is 0 Å². The summed E-state index contributed by atoms with van der Waals surface area (Å²) in [5.74, 6) is -0.413. The predicted molar refractivity (Wildman–Crippen MR) is 120 cm³/mol. The number of urea groups is 1. The molecule has 4 aliphatic heterocycles. The number of nitrogens with zero attached hydrogens (tertiary/aromatic N) is 1. The molecule has 4 heterocycles. The van der Waals surface area contributed by atoms with Crippen LogP contribution in [0.3, 0.4) is 0 Å². The van der Waals surface area contributed by atoms with Gasteiger partial charge in [-0.15, -0.1) is 0 Å². The number of piperidine rings is 2. The number of thioether (sulfide) groups is 1. The van der Waals surface area contributed by atoms with Gasteiger partial charge in [0.05, 0.1) is 21.9 Å². The summed E-state index contributed by atoms with van der Waals surface area (Å²) in [6, 6.07) is 3.20. The number of rotatable bonds is 3. The molecule has 0 radical (unpaired) electrons. The Morgan fingerprint density at radius 1 is 1.24 bits per heavy atom. The minimum atomic E-state index is -4.50. The zero-order chi connectivity index (χ0) is 23.3. The fraction of sp³-hybridized carbons (Fsp3) is 0.545. The number of nitrogens with one attached hydrogen (secondary N) is 4. The lowest BCUT2D eigenvalue weighted by Gasteiger charge is -2.46. The van der Waals surface area contributed by atoms with E-state index < -0.39 is 17.8 Å². The van der Waals surface area contributed by atoms with Crippen LogP contribution in [0.5, 0.6) is 0 Å². The largest absolute Gasteiger partial charge is 0.416 e. The maximum absolute atomic E-state index is 13.5. The third-order valence-electron chi connectivity index (χ3n) is 6.78. The van der Waals surface area contributed by atoms with Gasteiger partial charge in [-0.2, -0.15) is 13.2 Å². The first-order valence-electron chi connectivity index (χ1n) is 11.2. The second kappa shape index (κ2) is 8.52. The normalized spacial score (nSPS) is 29.6. The van der Waals surface area contributed by atoms with E-state index in [0.717, 1.165) is 25.5 Å². The highest BCUT2D eigenvalue weighted by Gasteiger charge is 2.52. The zero-order valence-electron chi connectivity index (χ0n) is 18.1. The summed E-state index contributed by atoms with van der Waals surface area (Å²) in [6.45, 7) is 3.66. The number of hydrogen-bond acceptors (Lipinski definition) is 5. The van der Waals surface area contributed by atoms with Crippen molar-refractivity contribution in [3.8, 4) is 0 Å². The van der Waals surface area contributed by atoms with Gasteiger partial charge in [0.1, 0.15) is 0 Å². The number of hydrogen-bond donors (Lipinski definition) is 4. The van der Waals surface area contributed by atoms with Crippen molar-refractivity contribution in [1.29, 1.82) is 0 Å². The van der Waals surface area contributed by atoms with Gasteiger partial charge in [-0.05, 0) is 57.0 Å². The van der Waals surface area contributed by atoms with Crippen molar-refractivity contribution in [1.82, 2.24) is 21.3 Å². The Labute approximate surface area is 193 Å². The Morgan fingerprint density at radius 3 is 2.79 bits per heavy atom. The number of alkyl halides is 3. The Morgan fingerprint density at radius 2 is 2.06 bits per heavy atom. The quantitative estimate of drug-likeness (QED) is 0.534. The minimum absolute atomic E-state index is 0.0375. The van der Waals surface area contributed by atoms with E-state index >= 15 is 0 Å². The predicted octanol–water partition coefficient (Wildman–Crippen LogP) is 2.67. The zero-order valence-corrected chi connectivity index (χ0v) is 18.9. The number of aryl methyl sites for hydroxylation is 1. The molecule has 0 saturated carbocycles. The second-order valence-corrected chi connectivity index (χ2v) is 10.1. The maximum Gasteiger partial charge on any atom is 0.416 e. The van der Waals surface area contributed by atoms with E-state index in [1.165, 1.54) is 29.7 Å². The van der Waals surface area contributed by atoms with Crippen LogP contribution in [0.2, 0.25) is 0 Å². The van der Waals surface area contributed by atoms with E-state index in [1.54, 1.807) is 6.07 Å². The van der Waals surface area contributed by atoms with E-state index in [0.29, 0.717) is 30.1 Å². The Balaban J connectivity index is 1.45. The van der Waals surface area contributed by atoms with E-state index in [-0.39, 0.29) is 40.5 Å². The summed E-state index contributed by atoms with van der Waals surface area (Å²) in [6.07, 6.45) is -2.04. The molecule has 0 spiro atoms. The van der Waals surface area contributed by atoms with Gasteiger partial charge in [0.25, 0.3) is 5.91 Å². The Kier molecular flexibility index (Phi) is 5.82. The average molecular weight is 482 g/mol. The van der Waals surface area contributed by atoms with Crippen molar-refractivity contribution >= 4 is 29.4 Å². The molecule has 3 amide bonds. The molecule has 5 rings (SSSR count). The molecule has 4 atom stereocenters. The number of benzene rings is 1. The highest BCUT2D eigenvalue weighted by Crippen LogP contribution is 2.48. The molecule has 3 fully saturated rings. The molecule has 7 nitrogen and oxygen atoms in total. The average Bonchev–Trinajstić information content (AvgIpc) is 3.14. The van der Waals surface area contributed by atoms with Gasteiger partial charge < -0.3 is 21.3 Å². The highest BCUT2D eigenvalue weighted by molar-refractivity contribution is 8.04. The van der Waals surface area contributed by atoms with Gasteiger partial charge in [-0.25, -0.2) is 4.79 Å². The first kappa shape index (κ1) is 22.5. The van der Waals surface area contributed by atoms with Crippen molar-refractivity contribution in [2.75, 3.05) is 24.5 Å². The van der Waals surface area contributed by atoms with Gasteiger partial charge in [0.15, 0.2) is 0 Å². The van der Waals surface area contributed by atoms with Gasteiger partial charge in [0.2, 0.25) is 0 Å². The van der Waals surface area contributed by atoms with E-state index in [9.17, 15) is 22.8 Å². The number of amides is 3. The summed E-state index contributed by atoms with van der Waals surface area (Å²) in [5.41, 5.74) is 0.154. The van der Waals surface area contributed by atoms with Crippen molar-refractivity contribution in [2.24, 2.45) is 5.92 Å². The topological polar surface area (TPSA) is 85.5 Å². The van der Waals surface area contributed by atoms with E-state index in [1.807, 2.05) is 0 Å². The smallest absolute Gasteiger partial charge is 0.348 e. The molecule has 3 unspecified atom stereocenters. The lowest BCUT2D eigenvalue weighted by atomic mass is 9.86. The first-order chi connectivity index (χ1) is 15.7. The van der Waals surface area contributed by atoms with Crippen LogP contribution in [0.15, 0.2) is 28.8 Å². The molecule has 33 heavy (non-hydrogen) atoms. The fourth-order valence-corrected chi connectivity index (χ4v) is 6.61. The Hall–Kier alpha value is -2.24. The first-order valence-corrected chi connectivity index (χ1v) is 12.1. The maximum atomic E-state index is 13.5. The third-order valence-corrected chi connectivity index (χ3v) is 8.14. The molecule has 0 aliphatic carbocycles. The summed E-state index contributed by atoms with van der Waals surface area (Å²) < 4.78 is 40.5. The van der Waals surface area contributed by atoms with E-state index in [2.05, 4.69) is 21.3 Å². The summed E-state index contributed by atoms with van der Waals surface area (Å²) in [5, 5.41) is 12.5. The van der Waals surface area contributed by atoms with Crippen LogP contribution in [-0.4, -0.2) is 49.0 Å². The fourth-order valence-electron chi connectivity index (χ4n) is 5.21. The number of carbonyl (C=O) groups excluding carboxylic acids is 2. The summed E-state index contributed by atoms with van der Waals surface area (Å²) in [4.78, 5) is 28.2. The summed E-state index contributed by atoms with van der Waals surface area (Å²) >= 11 is 1.39. The number of anilines is 1. The molecule has 0 bridgehead atoms. The molecule has 4 aliphatic rings. The van der Waals surface area contributed by atoms with Gasteiger partial charge in [-0.3, -0.25) is 9.69 Å². The summed E-state index contributed by atoms with van der Waals surface area (Å²) in [7, 11) is 0.